The Balaban J connectivity index is 0.000000771. The van der Waals surface area contributed by atoms with E-state index in [1.165, 1.54) is 11.1 Å². The zero-order chi connectivity index (χ0) is 13.8. The molecule has 0 saturated heterocycles. The molecule has 1 heteroatoms. The number of aliphatic hydroxyl groups is 1. The molecule has 1 nitrogen and oxygen atoms in total. The highest BCUT2D eigenvalue weighted by Crippen LogP contribution is 2.45. The van der Waals surface area contributed by atoms with Gasteiger partial charge < -0.3 is 5.11 Å². The fourth-order valence-corrected chi connectivity index (χ4v) is 3.45. The lowest BCUT2D eigenvalue weighted by Gasteiger charge is -2.46. The standard InChI is InChI=1S/C15H22O.C2H6/c1-4-15(11(2)3)13-8-6-5-7-12(13)9-10-14(15)16;1-2/h5-8,11,14,16H,4,9-10H2,1-3H3;1-2H3. The predicted molar refractivity (Wildman–Crippen MR) is 78.9 cm³/mol. The van der Waals surface area contributed by atoms with Crippen molar-refractivity contribution in [3.63, 3.8) is 0 Å². The average molecular weight is 248 g/mol. The van der Waals surface area contributed by atoms with Crippen LogP contribution in [0.4, 0.5) is 0 Å². The first-order valence-corrected chi connectivity index (χ1v) is 7.39. The van der Waals surface area contributed by atoms with Gasteiger partial charge in [0.2, 0.25) is 0 Å². The first kappa shape index (κ1) is 15.2. The molecule has 2 rings (SSSR count). The van der Waals surface area contributed by atoms with E-state index in [1.807, 2.05) is 13.8 Å². The molecule has 0 aromatic heterocycles. The first-order valence-electron chi connectivity index (χ1n) is 7.39. The van der Waals surface area contributed by atoms with Crippen molar-refractivity contribution in [2.24, 2.45) is 5.92 Å². The van der Waals surface area contributed by atoms with Gasteiger partial charge in [-0.3, -0.25) is 0 Å². The van der Waals surface area contributed by atoms with Crippen molar-refractivity contribution in [3.05, 3.63) is 35.4 Å². The van der Waals surface area contributed by atoms with E-state index in [0.717, 1.165) is 19.3 Å². The van der Waals surface area contributed by atoms with Gasteiger partial charge in [-0.05, 0) is 36.3 Å². The summed E-state index contributed by atoms with van der Waals surface area (Å²) in [6.45, 7) is 10.7. The van der Waals surface area contributed by atoms with Crippen LogP contribution in [0.5, 0.6) is 0 Å². The molecule has 18 heavy (non-hydrogen) atoms. The molecule has 1 N–H and O–H groups in total. The number of rotatable bonds is 2. The summed E-state index contributed by atoms with van der Waals surface area (Å²) < 4.78 is 0. The second-order valence-corrected chi connectivity index (χ2v) is 5.26. The number of aryl methyl sites for hydroxylation is 1. The van der Waals surface area contributed by atoms with E-state index in [-0.39, 0.29) is 11.5 Å². The summed E-state index contributed by atoms with van der Waals surface area (Å²) in [5.74, 6) is 0.481. The average Bonchev–Trinajstić information content (AvgIpc) is 2.41. The van der Waals surface area contributed by atoms with Gasteiger partial charge in [-0.25, -0.2) is 0 Å². The van der Waals surface area contributed by atoms with Crippen LogP contribution in [0.15, 0.2) is 24.3 Å². The van der Waals surface area contributed by atoms with Crippen molar-refractivity contribution in [1.82, 2.24) is 0 Å². The maximum Gasteiger partial charge on any atom is 0.0642 e. The Labute approximate surface area is 112 Å². The lowest BCUT2D eigenvalue weighted by molar-refractivity contribution is 0.0315. The maximum absolute atomic E-state index is 10.4. The van der Waals surface area contributed by atoms with Gasteiger partial charge in [0.05, 0.1) is 6.10 Å². The molecule has 0 aliphatic heterocycles. The molecule has 0 bridgehead atoms. The summed E-state index contributed by atoms with van der Waals surface area (Å²) in [5.41, 5.74) is 2.78. The summed E-state index contributed by atoms with van der Waals surface area (Å²) >= 11 is 0. The summed E-state index contributed by atoms with van der Waals surface area (Å²) in [6, 6.07) is 8.64. The van der Waals surface area contributed by atoms with Crippen LogP contribution in [0, 0.1) is 5.92 Å². The molecule has 0 saturated carbocycles. The second kappa shape index (κ2) is 6.38. The maximum atomic E-state index is 10.4. The predicted octanol–water partition coefficient (Wildman–Crippen LogP) is 4.32. The molecule has 1 aliphatic carbocycles. The van der Waals surface area contributed by atoms with E-state index in [2.05, 4.69) is 45.0 Å². The van der Waals surface area contributed by atoms with Gasteiger partial charge in [-0.1, -0.05) is 58.9 Å². The number of fused-ring (bicyclic) bond motifs is 1. The molecule has 0 spiro atoms. The quantitative estimate of drug-likeness (QED) is 0.826. The molecule has 0 heterocycles. The van der Waals surface area contributed by atoms with Crippen LogP contribution in [0.2, 0.25) is 0 Å². The van der Waals surface area contributed by atoms with Gasteiger partial charge in [0, 0.05) is 5.41 Å². The SMILES string of the molecule is CC.CCC1(C(C)C)c2ccccc2CCC1O. The fraction of sp³-hybridized carbons (Fsp3) is 0.647. The number of hydrogen-bond donors (Lipinski definition) is 1. The number of hydrogen-bond acceptors (Lipinski definition) is 1. The zero-order valence-corrected chi connectivity index (χ0v) is 12.5. The highest BCUT2D eigenvalue weighted by atomic mass is 16.3. The van der Waals surface area contributed by atoms with Crippen LogP contribution >= 0.6 is 0 Å². The molecular weight excluding hydrogens is 220 g/mol. The first-order chi connectivity index (χ1) is 8.63. The third-order valence-electron chi connectivity index (χ3n) is 4.42. The molecule has 1 aliphatic rings. The van der Waals surface area contributed by atoms with E-state index in [0.29, 0.717) is 5.92 Å². The molecule has 2 unspecified atom stereocenters. The lowest BCUT2D eigenvalue weighted by atomic mass is 9.61. The molecule has 1 aromatic carbocycles. The summed E-state index contributed by atoms with van der Waals surface area (Å²) in [7, 11) is 0. The molecule has 0 amide bonds. The minimum atomic E-state index is -0.188. The normalized spacial score (nSPS) is 26.3. The van der Waals surface area contributed by atoms with Crippen molar-refractivity contribution in [2.45, 2.75) is 65.4 Å². The Hall–Kier alpha value is -0.820. The van der Waals surface area contributed by atoms with Gasteiger partial charge in [-0.15, -0.1) is 0 Å². The Morgan fingerprint density at radius 1 is 1.28 bits per heavy atom. The molecular formula is C17H28O. The molecule has 0 fully saturated rings. The van der Waals surface area contributed by atoms with Crippen molar-refractivity contribution in [3.8, 4) is 0 Å². The van der Waals surface area contributed by atoms with E-state index in [4.69, 9.17) is 0 Å². The third-order valence-corrected chi connectivity index (χ3v) is 4.42. The van der Waals surface area contributed by atoms with Crippen molar-refractivity contribution in [2.75, 3.05) is 0 Å². The Morgan fingerprint density at radius 3 is 2.44 bits per heavy atom. The zero-order valence-electron chi connectivity index (χ0n) is 12.5. The minimum absolute atomic E-state index is 0.0329. The Kier molecular flexibility index (Phi) is 5.40. The second-order valence-electron chi connectivity index (χ2n) is 5.26. The number of aliphatic hydroxyl groups excluding tert-OH is 1. The lowest BCUT2D eigenvalue weighted by Crippen LogP contribution is -2.47. The van der Waals surface area contributed by atoms with Crippen LogP contribution in [-0.4, -0.2) is 11.2 Å². The van der Waals surface area contributed by atoms with Crippen LogP contribution in [0.25, 0.3) is 0 Å². The van der Waals surface area contributed by atoms with Gasteiger partial charge in [-0.2, -0.15) is 0 Å². The third kappa shape index (κ3) is 2.33. The van der Waals surface area contributed by atoms with E-state index >= 15 is 0 Å². The van der Waals surface area contributed by atoms with E-state index < -0.39 is 0 Å². The summed E-state index contributed by atoms with van der Waals surface area (Å²) in [6.07, 6.45) is 2.75. The molecule has 1 aromatic rings. The fourth-order valence-electron chi connectivity index (χ4n) is 3.45. The Morgan fingerprint density at radius 2 is 1.89 bits per heavy atom. The van der Waals surface area contributed by atoms with Crippen LogP contribution in [-0.2, 0) is 11.8 Å². The highest BCUT2D eigenvalue weighted by Gasteiger charge is 2.44. The van der Waals surface area contributed by atoms with Gasteiger partial charge >= 0.3 is 0 Å². The largest absolute Gasteiger partial charge is 0.392 e. The summed E-state index contributed by atoms with van der Waals surface area (Å²) in [4.78, 5) is 0. The van der Waals surface area contributed by atoms with E-state index in [1.54, 1.807) is 0 Å². The van der Waals surface area contributed by atoms with Crippen LogP contribution in [0.3, 0.4) is 0 Å². The minimum Gasteiger partial charge on any atom is -0.392 e. The number of benzene rings is 1. The van der Waals surface area contributed by atoms with Crippen molar-refractivity contribution < 1.29 is 5.11 Å². The highest BCUT2D eigenvalue weighted by molar-refractivity contribution is 5.38. The smallest absolute Gasteiger partial charge is 0.0642 e. The van der Waals surface area contributed by atoms with E-state index in [9.17, 15) is 5.11 Å². The van der Waals surface area contributed by atoms with Gasteiger partial charge in [0.15, 0.2) is 0 Å². The molecule has 0 radical (unpaired) electrons. The van der Waals surface area contributed by atoms with Crippen LogP contribution in [0.1, 0.15) is 58.6 Å². The van der Waals surface area contributed by atoms with Gasteiger partial charge in [0.1, 0.15) is 0 Å². The van der Waals surface area contributed by atoms with Crippen molar-refractivity contribution in [1.29, 1.82) is 0 Å². The molecule has 2 atom stereocenters. The van der Waals surface area contributed by atoms with Crippen LogP contribution < -0.4 is 0 Å². The van der Waals surface area contributed by atoms with Gasteiger partial charge in [0.25, 0.3) is 0 Å². The monoisotopic (exact) mass is 248 g/mol. The Bertz CT molecular complexity index is 370. The summed E-state index contributed by atoms with van der Waals surface area (Å²) in [5, 5.41) is 10.4. The van der Waals surface area contributed by atoms with Crippen molar-refractivity contribution >= 4 is 0 Å². The topological polar surface area (TPSA) is 20.2 Å². The molecule has 102 valence electrons.